The normalized spacial score (nSPS) is 22.1. The average Bonchev–Trinajstić information content (AvgIpc) is 2.42. The number of thioether (sulfide) groups is 1. The SMILES string of the molecule is O=[N+]([O-])C1(O)C=CC(CCSc2ccccc2)=CC1. The van der Waals surface area contributed by atoms with Gasteiger partial charge in [0.15, 0.2) is 0 Å². The smallest absolute Gasteiger partial charge is 0.327 e. The highest BCUT2D eigenvalue weighted by molar-refractivity contribution is 7.99. The van der Waals surface area contributed by atoms with E-state index in [0.717, 1.165) is 17.7 Å². The van der Waals surface area contributed by atoms with Crippen LogP contribution in [0.5, 0.6) is 0 Å². The van der Waals surface area contributed by atoms with E-state index in [-0.39, 0.29) is 6.42 Å². The Balaban J connectivity index is 1.82. The van der Waals surface area contributed by atoms with Crippen LogP contribution in [0, 0.1) is 10.1 Å². The molecular weight excluding hydrogens is 262 g/mol. The number of rotatable bonds is 5. The molecule has 1 aromatic rings. The van der Waals surface area contributed by atoms with Gasteiger partial charge in [-0.1, -0.05) is 35.9 Å². The lowest BCUT2D eigenvalue weighted by molar-refractivity contribution is -0.607. The van der Waals surface area contributed by atoms with Crippen molar-refractivity contribution in [3.8, 4) is 0 Å². The van der Waals surface area contributed by atoms with Gasteiger partial charge in [-0.3, -0.25) is 10.1 Å². The molecule has 1 N–H and O–H groups in total. The number of nitro groups is 1. The van der Waals surface area contributed by atoms with Crippen molar-refractivity contribution in [3.05, 3.63) is 64.2 Å². The van der Waals surface area contributed by atoms with Crippen LogP contribution in [0.1, 0.15) is 12.8 Å². The van der Waals surface area contributed by atoms with Gasteiger partial charge < -0.3 is 5.11 Å². The lowest BCUT2D eigenvalue weighted by Crippen LogP contribution is -2.36. The molecule has 1 atom stereocenters. The highest BCUT2D eigenvalue weighted by Gasteiger charge is 2.37. The zero-order valence-corrected chi connectivity index (χ0v) is 11.2. The van der Waals surface area contributed by atoms with E-state index >= 15 is 0 Å². The highest BCUT2D eigenvalue weighted by atomic mass is 32.2. The summed E-state index contributed by atoms with van der Waals surface area (Å²) in [7, 11) is 0. The maximum absolute atomic E-state index is 10.7. The Morgan fingerprint density at radius 3 is 2.68 bits per heavy atom. The topological polar surface area (TPSA) is 63.4 Å². The van der Waals surface area contributed by atoms with Crippen LogP contribution in [0.15, 0.2) is 59.0 Å². The molecule has 0 radical (unpaired) electrons. The molecule has 0 bridgehead atoms. The second-order valence-corrected chi connectivity index (χ2v) is 5.53. The molecule has 0 aliphatic heterocycles. The number of aliphatic hydroxyl groups is 1. The summed E-state index contributed by atoms with van der Waals surface area (Å²) in [6.45, 7) is 0. The van der Waals surface area contributed by atoms with E-state index in [0.29, 0.717) is 0 Å². The molecule has 0 heterocycles. The second-order valence-electron chi connectivity index (χ2n) is 4.36. The summed E-state index contributed by atoms with van der Waals surface area (Å²) in [4.78, 5) is 11.2. The summed E-state index contributed by atoms with van der Waals surface area (Å²) < 4.78 is 0. The van der Waals surface area contributed by atoms with Crippen LogP contribution < -0.4 is 0 Å². The van der Waals surface area contributed by atoms with E-state index in [9.17, 15) is 15.2 Å². The molecule has 1 aromatic carbocycles. The van der Waals surface area contributed by atoms with Gasteiger partial charge in [-0.15, -0.1) is 11.8 Å². The molecule has 0 saturated heterocycles. The Kier molecular flexibility index (Phi) is 4.39. The molecule has 0 aromatic heterocycles. The van der Waals surface area contributed by atoms with E-state index in [1.807, 2.05) is 18.2 Å². The molecule has 100 valence electrons. The minimum atomic E-state index is -1.92. The van der Waals surface area contributed by atoms with Gasteiger partial charge in [0.1, 0.15) is 0 Å². The van der Waals surface area contributed by atoms with Gasteiger partial charge in [0.25, 0.3) is 0 Å². The Morgan fingerprint density at radius 1 is 1.37 bits per heavy atom. The largest absolute Gasteiger partial charge is 0.345 e. The fraction of sp³-hybridized carbons (Fsp3) is 0.286. The quantitative estimate of drug-likeness (QED) is 0.389. The summed E-state index contributed by atoms with van der Waals surface area (Å²) in [6.07, 6.45) is 5.55. The highest BCUT2D eigenvalue weighted by Crippen LogP contribution is 2.25. The van der Waals surface area contributed by atoms with E-state index in [1.165, 1.54) is 11.0 Å². The molecule has 1 aliphatic rings. The van der Waals surface area contributed by atoms with E-state index in [1.54, 1.807) is 23.9 Å². The van der Waals surface area contributed by atoms with Gasteiger partial charge >= 0.3 is 5.72 Å². The van der Waals surface area contributed by atoms with Gasteiger partial charge in [0, 0.05) is 16.7 Å². The molecule has 2 rings (SSSR count). The van der Waals surface area contributed by atoms with Gasteiger partial charge in [-0.2, -0.15) is 0 Å². The first-order valence-corrected chi connectivity index (χ1v) is 7.02. The number of allylic oxidation sites excluding steroid dienone is 2. The predicted octanol–water partition coefficient (Wildman–Crippen LogP) is 3.02. The number of benzene rings is 1. The monoisotopic (exact) mass is 277 g/mol. The van der Waals surface area contributed by atoms with Gasteiger partial charge in [0.05, 0.1) is 11.3 Å². The van der Waals surface area contributed by atoms with Gasteiger partial charge in [-0.05, 0) is 18.6 Å². The molecule has 0 amide bonds. The third-order valence-corrected chi connectivity index (χ3v) is 3.96. The summed E-state index contributed by atoms with van der Waals surface area (Å²) >= 11 is 1.75. The van der Waals surface area contributed by atoms with Crippen molar-refractivity contribution in [3.63, 3.8) is 0 Å². The zero-order valence-electron chi connectivity index (χ0n) is 10.4. The molecule has 19 heavy (non-hydrogen) atoms. The Bertz CT molecular complexity index is 513. The van der Waals surface area contributed by atoms with E-state index < -0.39 is 10.6 Å². The predicted molar refractivity (Wildman–Crippen MR) is 75.6 cm³/mol. The summed E-state index contributed by atoms with van der Waals surface area (Å²) in [5.41, 5.74) is -0.884. The Hall–Kier alpha value is -1.59. The van der Waals surface area contributed by atoms with E-state index in [4.69, 9.17) is 0 Å². The summed E-state index contributed by atoms with van der Waals surface area (Å²) in [5.74, 6) is 0.914. The van der Waals surface area contributed by atoms with Crippen molar-refractivity contribution in [1.82, 2.24) is 0 Å². The molecule has 5 heteroatoms. The van der Waals surface area contributed by atoms with E-state index in [2.05, 4.69) is 12.1 Å². The number of nitrogens with zero attached hydrogens (tertiary/aromatic N) is 1. The fourth-order valence-corrected chi connectivity index (χ4v) is 2.71. The fourth-order valence-electron chi connectivity index (χ4n) is 1.78. The van der Waals surface area contributed by atoms with Gasteiger partial charge in [-0.25, -0.2) is 0 Å². The van der Waals surface area contributed by atoms with Crippen LogP contribution in [-0.2, 0) is 0 Å². The van der Waals surface area contributed by atoms with Crippen LogP contribution in [0.4, 0.5) is 0 Å². The van der Waals surface area contributed by atoms with Crippen LogP contribution in [0.25, 0.3) is 0 Å². The third kappa shape index (κ3) is 3.68. The van der Waals surface area contributed by atoms with Crippen molar-refractivity contribution in [2.75, 3.05) is 5.75 Å². The molecule has 1 unspecified atom stereocenters. The average molecular weight is 277 g/mol. The molecule has 0 spiro atoms. The van der Waals surface area contributed by atoms with Crippen molar-refractivity contribution in [1.29, 1.82) is 0 Å². The Labute approximate surface area is 116 Å². The van der Waals surface area contributed by atoms with Crippen LogP contribution in [0.3, 0.4) is 0 Å². The molecule has 0 fully saturated rings. The number of hydrogen-bond acceptors (Lipinski definition) is 4. The maximum atomic E-state index is 10.7. The lowest BCUT2D eigenvalue weighted by atomic mass is 9.99. The molecule has 1 aliphatic carbocycles. The second kappa shape index (κ2) is 6.04. The summed E-state index contributed by atoms with van der Waals surface area (Å²) in [6, 6.07) is 10.1. The Morgan fingerprint density at radius 2 is 2.11 bits per heavy atom. The standard InChI is InChI=1S/C14H15NO3S/c16-14(15(17)18)9-6-12(7-10-14)8-11-19-13-4-2-1-3-5-13/h1-7,9,16H,8,10-11H2. The summed E-state index contributed by atoms with van der Waals surface area (Å²) in [5, 5.41) is 20.3. The van der Waals surface area contributed by atoms with Crippen molar-refractivity contribution >= 4 is 11.8 Å². The van der Waals surface area contributed by atoms with Crippen LogP contribution >= 0.6 is 11.8 Å². The van der Waals surface area contributed by atoms with Crippen molar-refractivity contribution in [2.24, 2.45) is 0 Å². The minimum Gasteiger partial charge on any atom is -0.327 e. The molecule has 0 saturated carbocycles. The van der Waals surface area contributed by atoms with Crippen molar-refractivity contribution < 1.29 is 10.0 Å². The first-order valence-electron chi connectivity index (χ1n) is 6.03. The molecular formula is C14H15NO3S. The first kappa shape index (κ1) is 13.8. The maximum Gasteiger partial charge on any atom is 0.345 e. The van der Waals surface area contributed by atoms with Gasteiger partial charge in [0.2, 0.25) is 0 Å². The number of hydrogen-bond donors (Lipinski definition) is 1. The third-order valence-electron chi connectivity index (χ3n) is 2.95. The molecule has 4 nitrogen and oxygen atoms in total. The zero-order chi connectivity index (χ0) is 13.7. The van der Waals surface area contributed by atoms with Crippen LogP contribution in [0.2, 0.25) is 0 Å². The van der Waals surface area contributed by atoms with Crippen molar-refractivity contribution in [2.45, 2.75) is 23.5 Å². The van der Waals surface area contributed by atoms with Crippen LogP contribution in [-0.4, -0.2) is 21.5 Å². The minimum absolute atomic E-state index is 0.0435. The first-order chi connectivity index (χ1) is 9.10. The lowest BCUT2D eigenvalue weighted by Gasteiger charge is -2.17.